The van der Waals surface area contributed by atoms with Gasteiger partial charge in [-0.3, -0.25) is 4.79 Å². The number of hydrogen-bond acceptors (Lipinski definition) is 2. The van der Waals surface area contributed by atoms with Crippen molar-refractivity contribution in [3.63, 3.8) is 0 Å². The summed E-state index contributed by atoms with van der Waals surface area (Å²) in [5, 5.41) is 0. The lowest BCUT2D eigenvalue weighted by Gasteiger charge is -2.26. The number of aryl methyl sites for hydroxylation is 1. The predicted molar refractivity (Wildman–Crippen MR) is 72.1 cm³/mol. The van der Waals surface area contributed by atoms with E-state index in [1.54, 1.807) is 4.90 Å². The van der Waals surface area contributed by atoms with Crippen LogP contribution in [0.3, 0.4) is 0 Å². The highest BCUT2D eigenvalue weighted by molar-refractivity contribution is 5.94. The summed E-state index contributed by atoms with van der Waals surface area (Å²) in [6.07, 6.45) is 0.356. The van der Waals surface area contributed by atoms with Crippen LogP contribution >= 0.6 is 0 Å². The summed E-state index contributed by atoms with van der Waals surface area (Å²) in [6, 6.07) is 7.91. The van der Waals surface area contributed by atoms with Crippen LogP contribution in [0.15, 0.2) is 24.3 Å². The molecule has 0 bridgehead atoms. The van der Waals surface area contributed by atoms with E-state index in [1.165, 1.54) is 0 Å². The van der Waals surface area contributed by atoms with Gasteiger partial charge in [0, 0.05) is 24.2 Å². The van der Waals surface area contributed by atoms with Crippen molar-refractivity contribution < 1.29 is 4.79 Å². The van der Waals surface area contributed by atoms with Crippen molar-refractivity contribution in [1.82, 2.24) is 0 Å². The Balaban J connectivity index is 2.93. The second kappa shape index (κ2) is 5.32. The van der Waals surface area contributed by atoms with E-state index in [1.807, 2.05) is 52.0 Å². The fourth-order valence-electron chi connectivity index (χ4n) is 1.83. The molecule has 0 spiro atoms. The molecule has 0 fully saturated rings. The van der Waals surface area contributed by atoms with E-state index < -0.39 is 5.54 Å². The summed E-state index contributed by atoms with van der Waals surface area (Å²) >= 11 is 0. The number of nitrogens with two attached hydrogens (primary N) is 1. The molecular weight excluding hydrogens is 212 g/mol. The Morgan fingerprint density at radius 2 is 1.94 bits per heavy atom. The molecule has 17 heavy (non-hydrogen) atoms. The monoisotopic (exact) mass is 234 g/mol. The molecule has 1 rings (SSSR count). The average molecular weight is 234 g/mol. The van der Waals surface area contributed by atoms with Crippen LogP contribution in [0.1, 0.15) is 32.8 Å². The van der Waals surface area contributed by atoms with Gasteiger partial charge in [-0.1, -0.05) is 18.2 Å². The Bertz CT molecular complexity index is 393. The van der Waals surface area contributed by atoms with Gasteiger partial charge in [0.05, 0.1) is 0 Å². The van der Waals surface area contributed by atoms with Crippen LogP contribution in [0.4, 0.5) is 5.69 Å². The number of carbonyl (C=O) groups excluding carboxylic acids is 1. The van der Waals surface area contributed by atoms with Gasteiger partial charge in [-0.2, -0.15) is 0 Å². The maximum Gasteiger partial charge on any atom is 0.228 e. The Labute approximate surface area is 104 Å². The molecule has 0 aliphatic carbocycles. The topological polar surface area (TPSA) is 46.3 Å². The summed E-state index contributed by atoms with van der Waals surface area (Å²) in [5.74, 6) is 0.0781. The van der Waals surface area contributed by atoms with Crippen LogP contribution in [0, 0.1) is 6.92 Å². The van der Waals surface area contributed by atoms with E-state index in [9.17, 15) is 4.79 Å². The third-order valence-corrected chi connectivity index (χ3v) is 2.63. The van der Waals surface area contributed by atoms with Crippen LogP contribution in [0.5, 0.6) is 0 Å². The molecule has 3 nitrogen and oxygen atoms in total. The normalized spacial score (nSPS) is 11.4. The highest BCUT2D eigenvalue weighted by Crippen LogP contribution is 2.21. The number of hydrogen-bond donors (Lipinski definition) is 1. The van der Waals surface area contributed by atoms with Gasteiger partial charge < -0.3 is 10.6 Å². The Hall–Kier alpha value is -1.35. The molecule has 0 aromatic heterocycles. The number of benzene rings is 1. The summed E-state index contributed by atoms with van der Waals surface area (Å²) in [4.78, 5) is 14.0. The molecule has 0 saturated heterocycles. The number of anilines is 1. The van der Waals surface area contributed by atoms with Crippen molar-refractivity contribution in [2.75, 3.05) is 11.4 Å². The number of carbonyl (C=O) groups is 1. The second-order valence-corrected chi connectivity index (χ2v) is 5.09. The molecule has 1 aromatic carbocycles. The first kappa shape index (κ1) is 13.7. The Morgan fingerprint density at radius 1 is 1.35 bits per heavy atom. The second-order valence-electron chi connectivity index (χ2n) is 5.09. The first-order valence-electron chi connectivity index (χ1n) is 6.00. The first-order chi connectivity index (χ1) is 7.85. The number of nitrogens with zero attached hydrogens (tertiary/aromatic N) is 1. The maximum atomic E-state index is 12.2. The molecule has 1 aromatic rings. The van der Waals surface area contributed by atoms with E-state index >= 15 is 0 Å². The molecule has 0 aliphatic rings. The lowest BCUT2D eigenvalue weighted by Crippen LogP contribution is -2.41. The molecule has 3 heteroatoms. The van der Waals surface area contributed by atoms with Gasteiger partial charge in [0.25, 0.3) is 0 Å². The van der Waals surface area contributed by atoms with Crippen LogP contribution in [0.25, 0.3) is 0 Å². The van der Waals surface area contributed by atoms with E-state index in [-0.39, 0.29) is 5.91 Å². The molecule has 0 atom stereocenters. The van der Waals surface area contributed by atoms with Crippen LogP contribution in [0.2, 0.25) is 0 Å². The molecule has 1 amide bonds. The van der Waals surface area contributed by atoms with Crippen molar-refractivity contribution in [2.24, 2.45) is 5.73 Å². The largest absolute Gasteiger partial charge is 0.325 e. The summed E-state index contributed by atoms with van der Waals surface area (Å²) in [7, 11) is 0. The fourth-order valence-corrected chi connectivity index (χ4v) is 1.83. The minimum Gasteiger partial charge on any atom is -0.325 e. The van der Waals surface area contributed by atoms with Crippen molar-refractivity contribution >= 4 is 11.6 Å². The molecule has 0 heterocycles. The zero-order valence-electron chi connectivity index (χ0n) is 11.2. The van der Waals surface area contributed by atoms with Crippen molar-refractivity contribution in [2.45, 2.75) is 39.7 Å². The average Bonchev–Trinajstić information content (AvgIpc) is 2.19. The van der Waals surface area contributed by atoms with E-state index in [2.05, 4.69) is 0 Å². The van der Waals surface area contributed by atoms with E-state index in [0.29, 0.717) is 13.0 Å². The summed E-state index contributed by atoms with van der Waals surface area (Å²) in [6.45, 7) is 8.40. The minimum absolute atomic E-state index is 0.0781. The zero-order chi connectivity index (χ0) is 13.1. The smallest absolute Gasteiger partial charge is 0.228 e. The van der Waals surface area contributed by atoms with Crippen molar-refractivity contribution in [3.05, 3.63) is 29.8 Å². The minimum atomic E-state index is -0.465. The molecule has 0 unspecified atom stereocenters. The van der Waals surface area contributed by atoms with Crippen LogP contribution in [-0.4, -0.2) is 18.0 Å². The Morgan fingerprint density at radius 3 is 2.41 bits per heavy atom. The molecule has 2 N–H and O–H groups in total. The van der Waals surface area contributed by atoms with Gasteiger partial charge in [0.1, 0.15) is 0 Å². The number of rotatable bonds is 4. The highest BCUT2D eigenvalue weighted by Gasteiger charge is 2.22. The lowest BCUT2D eigenvalue weighted by molar-refractivity contribution is -0.119. The zero-order valence-corrected chi connectivity index (χ0v) is 11.2. The van der Waals surface area contributed by atoms with Gasteiger partial charge >= 0.3 is 0 Å². The standard InChI is InChI=1S/C14H22N2O/c1-5-16(13(17)10-14(3,4)15)12-9-7-6-8-11(12)2/h6-9H,5,10,15H2,1-4H3. The molecule has 94 valence electrons. The molecule has 0 aliphatic heterocycles. The fraction of sp³-hybridized carbons (Fsp3) is 0.500. The van der Waals surface area contributed by atoms with Gasteiger partial charge in [-0.25, -0.2) is 0 Å². The highest BCUT2D eigenvalue weighted by atomic mass is 16.2. The molecule has 0 radical (unpaired) electrons. The molecule has 0 saturated carbocycles. The van der Waals surface area contributed by atoms with Crippen LogP contribution < -0.4 is 10.6 Å². The quantitative estimate of drug-likeness (QED) is 0.870. The third-order valence-electron chi connectivity index (χ3n) is 2.63. The summed E-state index contributed by atoms with van der Waals surface area (Å²) in [5.41, 5.74) is 7.52. The number of amides is 1. The van der Waals surface area contributed by atoms with Crippen molar-refractivity contribution in [3.8, 4) is 0 Å². The maximum absolute atomic E-state index is 12.2. The lowest BCUT2D eigenvalue weighted by atomic mass is 10.0. The number of para-hydroxylation sites is 1. The Kier molecular flexibility index (Phi) is 4.29. The van der Waals surface area contributed by atoms with E-state index in [4.69, 9.17) is 5.73 Å². The predicted octanol–water partition coefficient (Wildman–Crippen LogP) is 2.48. The molecular formula is C14H22N2O. The van der Waals surface area contributed by atoms with Crippen LogP contribution in [-0.2, 0) is 4.79 Å². The first-order valence-corrected chi connectivity index (χ1v) is 6.00. The SMILES string of the molecule is CCN(C(=O)CC(C)(C)N)c1ccccc1C. The summed E-state index contributed by atoms with van der Waals surface area (Å²) < 4.78 is 0. The third kappa shape index (κ3) is 3.86. The van der Waals surface area contributed by atoms with Gasteiger partial charge in [-0.05, 0) is 39.3 Å². The van der Waals surface area contributed by atoms with Gasteiger partial charge in [-0.15, -0.1) is 0 Å². The van der Waals surface area contributed by atoms with Crippen molar-refractivity contribution in [1.29, 1.82) is 0 Å². The van der Waals surface area contributed by atoms with Gasteiger partial charge in [0.2, 0.25) is 5.91 Å². The van der Waals surface area contributed by atoms with E-state index in [0.717, 1.165) is 11.3 Å². The van der Waals surface area contributed by atoms with Gasteiger partial charge in [0.15, 0.2) is 0 Å².